The number of benzene rings is 3. The summed E-state index contributed by atoms with van der Waals surface area (Å²) in [4.78, 5) is 30.3. The SMILES string of the molecule is C[C@H]1CN([C@@H](C)CO)C(=O)c2ccccc2-c2ccccc2CO[C@@H]1CN(C)C(=O)Nc1ccc2c(c1)OCO2. The van der Waals surface area contributed by atoms with Crippen LogP contribution in [0.5, 0.6) is 11.5 Å². The summed E-state index contributed by atoms with van der Waals surface area (Å²) in [5.74, 6) is 0.942. The summed E-state index contributed by atoms with van der Waals surface area (Å²) in [6.45, 7) is 4.80. The lowest BCUT2D eigenvalue weighted by Gasteiger charge is -2.35. The summed E-state index contributed by atoms with van der Waals surface area (Å²) >= 11 is 0. The van der Waals surface area contributed by atoms with Gasteiger partial charge < -0.3 is 34.4 Å². The van der Waals surface area contributed by atoms with E-state index in [4.69, 9.17) is 14.2 Å². The molecule has 3 atom stereocenters. The van der Waals surface area contributed by atoms with E-state index in [9.17, 15) is 14.7 Å². The fourth-order valence-electron chi connectivity index (χ4n) is 5.10. The van der Waals surface area contributed by atoms with Crippen molar-refractivity contribution in [3.8, 4) is 22.6 Å². The number of anilines is 1. The highest BCUT2D eigenvalue weighted by atomic mass is 16.7. The first-order valence-electron chi connectivity index (χ1n) is 13.5. The van der Waals surface area contributed by atoms with Crippen molar-refractivity contribution < 1.29 is 28.9 Å². The highest BCUT2D eigenvalue weighted by Crippen LogP contribution is 2.34. The van der Waals surface area contributed by atoms with E-state index in [2.05, 4.69) is 5.32 Å². The minimum atomic E-state index is -0.397. The van der Waals surface area contributed by atoms with E-state index in [1.165, 1.54) is 0 Å². The van der Waals surface area contributed by atoms with Gasteiger partial charge in [0.15, 0.2) is 11.5 Å². The van der Waals surface area contributed by atoms with Crippen LogP contribution < -0.4 is 14.8 Å². The number of nitrogens with zero attached hydrogens (tertiary/aromatic N) is 2. The minimum absolute atomic E-state index is 0.142. The Labute approximate surface area is 234 Å². The smallest absolute Gasteiger partial charge is 0.321 e. The molecule has 0 saturated carbocycles. The van der Waals surface area contributed by atoms with Gasteiger partial charge in [0.05, 0.1) is 25.4 Å². The van der Waals surface area contributed by atoms with Gasteiger partial charge in [0, 0.05) is 43.4 Å². The van der Waals surface area contributed by atoms with Crippen LogP contribution in [0.2, 0.25) is 0 Å². The number of hydrogen-bond acceptors (Lipinski definition) is 6. The standard InChI is InChI=1S/C31H35N3O6/c1-20-15-34(21(2)17-35)30(36)26-11-7-6-10-25(26)24-9-5-4-8-22(24)18-38-29(20)16-33(3)31(37)32-23-12-13-27-28(14-23)40-19-39-27/h4-14,20-21,29,35H,15-19H2,1-3H3,(H,32,37)/t20-,21-,29+/m0/s1. The van der Waals surface area contributed by atoms with Crippen molar-refractivity contribution in [3.05, 3.63) is 77.9 Å². The van der Waals surface area contributed by atoms with E-state index in [0.717, 1.165) is 16.7 Å². The zero-order chi connectivity index (χ0) is 28.2. The van der Waals surface area contributed by atoms with Crippen molar-refractivity contribution in [2.45, 2.75) is 32.6 Å². The molecule has 0 aliphatic carbocycles. The van der Waals surface area contributed by atoms with Crippen molar-refractivity contribution in [1.29, 1.82) is 0 Å². The minimum Gasteiger partial charge on any atom is -0.454 e. The molecule has 0 aromatic heterocycles. The van der Waals surface area contributed by atoms with Gasteiger partial charge >= 0.3 is 6.03 Å². The molecule has 3 aromatic carbocycles. The average Bonchev–Trinajstić information content (AvgIpc) is 3.44. The van der Waals surface area contributed by atoms with Gasteiger partial charge in [-0.1, -0.05) is 49.4 Å². The molecule has 2 N–H and O–H groups in total. The van der Waals surface area contributed by atoms with Crippen LogP contribution in [0.15, 0.2) is 66.7 Å². The van der Waals surface area contributed by atoms with Gasteiger partial charge in [-0.25, -0.2) is 4.79 Å². The number of ether oxygens (including phenoxy) is 3. The summed E-state index contributed by atoms with van der Waals surface area (Å²) in [7, 11) is 1.71. The van der Waals surface area contributed by atoms with Crippen LogP contribution in [-0.4, -0.2) is 72.5 Å². The molecule has 0 fully saturated rings. The quantitative estimate of drug-likeness (QED) is 0.486. The molecule has 2 heterocycles. The molecule has 0 radical (unpaired) electrons. The molecular formula is C31H35N3O6. The highest BCUT2D eigenvalue weighted by molar-refractivity contribution is 6.01. The van der Waals surface area contributed by atoms with Gasteiger partial charge in [0.2, 0.25) is 6.79 Å². The Balaban J connectivity index is 1.41. The van der Waals surface area contributed by atoms with E-state index in [1.54, 1.807) is 35.0 Å². The molecule has 40 heavy (non-hydrogen) atoms. The Morgan fingerprint density at radius 2 is 1.75 bits per heavy atom. The second-order valence-corrected chi connectivity index (χ2v) is 10.4. The number of carbonyl (C=O) groups is 2. The summed E-state index contributed by atoms with van der Waals surface area (Å²) in [5, 5.41) is 12.9. The number of urea groups is 1. The average molecular weight is 546 g/mol. The molecule has 9 nitrogen and oxygen atoms in total. The Bertz CT molecular complexity index is 1380. The Kier molecular flexibility index (Phi) is 8.23. The zero-order valence-electron chi connectivity index (χ0n) is 23.0. The van der Waals surface area contributed by atoms with Crippen LogP contribution in [0.3, 0.4) is 0 Å². The molecule has 2 aliphatic rings. The molecule has 0 bridgehead atoms. The number of fused-ring (bicyclic) bond motifs is 4. The fourth-order valence-corrected chi connectivity index (χ4v) is 5.10. The third-order valence-corrected chi connectivity index (χ3v) is 7.52. The van der Waals surface area contributed by atoms with Crippen LogP contribution in [-0.2, 0) is 11.3 Å². The molecule has 3 aromatic rings. The molecule has 0 saturated heterocycles. The summed E-state index contributed by atoms with van der Waals surface area (Å²) in [5.41, 5.74) is 3.88. The van der Waals surface area contributed by atoms with E-state index in [1.807, 2.05) is 62.4 Å². The number of carbonyl (C=O) groups excluding carboxylic acids is 2. The van der Waals surface area contributed by atoms with Crippen LogP contribution >= 0.6 is 0 Å². The first-order chi connectivity index (χ1) is 19.4. The molecule has 210 valence electrons. The van der Waals surface area contributed by atoms with Gasteiger partial charge in [-0.15, -0.1) is 0 Å². The van der Waals surface area contributed by atoms with Crippen LogP contribution in [0.25, 0.3) is 11.1 Å². The molecule has 3 amide bonds. The summed E-state index contributed by atoms with van der Waals surface area (Å²) in [6.07, 6.45) is -0.386. The molecule has 9 heteroatoms. The third kappa shape index (κ3) is 5.76. The number of hydrogen-bond donors (Lipinski definition) is 2. The maximum atomic E-state index is 13.9. The molecule has 0 unspecified atom stereocenters. The number of aliphatic hydroxyl groups is 1. The largest absolute Gasteiger partial charge is 0.454 e. The first kappa shape index (κ1) is 27.5. The van der Waals surface area contributed by atoms with Crippen molar-refractivity contribution in [3.63, 3.8) is 0 Å². The van der Waals surface area contributed by atoms with E-state index < -0.39 is 6.04 Å². The van der Waals surface area contributed by atoms with Crippen molar-refractivity contribution >= 4 is 17.6 Å². The zero-order valence-corrected chi connectivity index (χ0v) is 23.0. The molecular weight excluding hydrogens is 510 g/mol. The Morgan fingerprint density at radius 1 is 1.05 bits per heavy atom. The molecule has 0 spiro atoms. The normalized spacial score (nSPS) is 19.2. The predicted molar refractivity (Wildman–Crippen MR) is 151 cm³/mol. The number of nitrogens with one attached hydrogen (secondary N) is 1. The lowest BCUT2D eigenvalue weighted by Crippen LogP contribution is -2.48. The van der Waals surface area contributed by atoms with Crippen LogP contribution in [0, 0.1) is 5.92 Å². The van der Waals surface area contributed by atoms with Gasteiger partial charge in [-0.2, -0.15) is 0 Å². The van der Waals surface area contributed by atoms with Gasteiger partial charge in [0.1, 0.15) is 0 Å². The van der Waals surface area contributed by atoms with Gasteiger partial charge in [-0.3, -0.25) is 4.79 Å². The Hall–Kier alpha value is -4.08. The summed E-state index contributed by atoms with van der Waals surface area (Å²) < 4.78 is 17.3. The lowest BCUT2D eigenvalue weighted by molar-refractivity contribution is -0.0178. The fraction of sp³-hybridized carbons (Fsp3) is 0.355. The second-order valence-electron chi connectivity index (χ2n) is 10.4. The molecule has 2 aliphatic heterocycles. The van der Waals surface area contributed by atoms with Gasteiger partial charge in [0.25, 0.3) is 5.91 Å². The van der Waals surface area contributed by atoms with E-state index in [-0.39, 0.29) is 37.4 Å². The number of amides is 3. The maximum absolute atomic E-state index is 13.9. The van der Waals surface area contributed by atoms with E-state index in [0.29, 0.717) is 42.4 Å². The number of rotatable bonds is 5. The Morgan fingerprint density at radius 3 is 2.52 bits per heavy atom. The van der Waals surface area contributed by atoms with Crippen LogP contribution in [0.1, 0.15) is 29.8 Å². The van der Waals surface area contributed by atoms with Crippen LogP contribution in [0.4, 0.5) is 10.5 Å². The number of likely N-dealkylation sites (N-methyl/N-ethyl adjacent to an activating group) is 1. The monoisotopic (exact) mass is 545 g/mol. The van der Waals surface area contributed by atoms with E-state index >= 15 is 0 Å². The second kappa shape index (κ2) is 12.0. The van der Waals surface area contributed by atoms with Crippen molar-refractivity contribution in [2.75, 3.05) is 38.9 Å². The molecule has 5 rings (SSSR count). The van der Waals surface area contributed by atoms with Crippen molar-refractivity contribution in [2.24, 2.45) is 5.92 Å². The van der Waals surface area contributed by atoms with Crippen molar-refractivity contribution in [1.82, 2.24) is 9.80 Å². The predicted octanol–water partition coefficient (Wildman–Crippen LogP) is 4.60. The lowest BCUT2D eigenvalue weighted by atomic mass is 9.94. The topological polar surface area (TPSA) is 101 Å². The highest BCUT2D eigenvalue weighted by Gasteiger charge is 2.31. The maximum Gasteiger partial charge on any atom is 0.321 e. The third-order valence-electron chi connectivity index (χ3n) is 7.52. The number of aliphatic hydroxyl groups excluding tert-OH is 1. The first-order valence-corrected chi connectivity index (χ1v) is 13.5. The summed E-state index contributed by atoms with van der Waals surface area (Å²) in [6, 6.07) is 20.0. The van der Waals surface area contributed by atoms with Gasteiger partial charge in [-0.05, 0) is 41.8 Å².